The maximum absolute atomic E-state index is 11.3. The number of hydrogen-bond acceptors (Lipinski definition) is 3. The van der Waals surface area contributed by atoms with Crippen LogP contribution in [0.25, 0.3) is 0 Å². The molecule has 0 bridgehead atoms. The number of carbonyl (C=O) groups is 2. The number of carbonyl (C=O) groups excluding carboxylic acids is 2. The van der Waals surface area contributed by atoms with Gasteiger partial charge in [0.25, 0.3) is 0 Å². The summed E-state index contributed by atoms with van der Waals surface area (Å²) in [6, 6.07) is 0. The van der Waals surface area contributed by atoms with Crippen LogP contribution in [0, 0.1) is 5.92 Å². The minimum atomic E-state index is -0.686. The number of hydrogen-bond donors (Lipinski definition) is 0. The summed E-state index contributed by atoms with van der Waals surface area (Å²) in [6.07, 6.45) is 3.79. The predicted octanol–water partition coefficient (Wildman–Crippen LogP) is 1.94. The summed E-state index contributed by atoms with van der Waals surface area (Å²) in [5.74, 6) is -0.940. The van der Waals surface area contributed by atoms with Crippen molar-refractivity contribution in [1.82, 2.24) is 0 Å². The minimum Gasteiger partial charge on any atom is -0.465 e. The van der Waals surface area contributed by atoms with Crippen LogP contribution in [0.3, 0.4) is 0 Å². The number of rotatable bonds is 6. The molecule has 0 N–H and O–H groups in total. The normalized spacial score (nSPS) is 12.8. The first kappa shape index (κ1) is 13.2. The maximum atomic E-state index is 11.3. The number of ether oxygens (including phenoxy) is 1. The van der Waals surface area contributed by atoms with Gasteiger partial charge in [-0.15, -0.1) is 11.6 Å². The molecule has 0 saturated carbocycles. The first-order valence-corrected chi connectivity index (χ1v) is 5.05. The lowest BCUT2D eigenvalue weighted by Crippen LogP contribution is -2.23. The molecule has 0 saturated heterocycles. The summed E-state index contributed by atoms with van der Waals surface area (Å²) in [5, 5.41) is 0. The molecule has 1 atom stereocenters. The van der Waals surface area contributed by atoms with E-state index in [2.05, 4.69) is 0 Å². The second-order valence-electron chi connectivity index (χ2n) is 2.78. The van der Waals surface area contributed by atoms with Crippen LogP contribution in [-0.2, 0) is 14.3 Å². The molecule has 0 aromatic heterocycles. The highest BCUT2D eigenvalue weighted by Crippen LogP contribution is 2.08. The molecular weight excluding hydrogens is 204 g/mol. The number of halogens is 1. The third-order valence-electron chi connectivity index (χ3n) is 1.69. The van der Waals surface area contributed by atoms with Crippen LogP contribution in [0.4, 0.5) is 0 Å². The van der Waals surface area contributed by atoms with Crippen molar-refractivity contribution < 1.29 is 14.3 Å². The van der Waals surface area contributed by atoms with Crippen molar-refractivity contribution in [1.29, 1.82) is 0 Å². The first-order valence-electron chi connectivity index (χ1n) is 4.51. The van der Waals surface area contributed by atoms with Crippen molar-refractivity contribution in [3.05, 3.63) is 12.2 Å². The zero-order valence-corrected chi connectivity index (χ0v) is 9.21. The fraction of sp³-hybridized carbons (Fsp3) is 0.600. The molecule has 0 heterocycles. The topological polar surface area (TPSA) is 43.4 Å². The Morgan fingerprint density at radius 1 is 1.43 bits per heavy atom. The highest BCUT2D eigenvalue weighted by Gasteiger charge is 2.22. The highest BCUT2D eigenvalue weighted by molar-refractivity contribution is 6.18. The molecule has 14 heavy (non-hydrogen) atoms. The molecule has 0 aromatic rings. The van der Waals surface area contributed by atoms with Gasteiger partial charge in [0.1, 0.15) is 11.7 Å². The van der Waals surface area contributed by atoms with Crippen molar-refractivity contribution in [2.24, 2.45) is 5.92 Å². The van der Waals surface area contributed by atoms with Crippen LogP contribution in [0.5, 0.6) is 0 Å². The van der Waals surface area contributed by atoms with E-state index < -0.39 is 11.9 Å². The van der Waals surface area contributed by atoms with Crippen LogP contribution in [0.15, 0.2) is 12.2 Å². The Morgan fingerprint density at radius 3 is 2.50 bits per heavy atom. The molecule has 0 rings (SSSR count). The first-order chi connectivity index (χ1) is 6.63. The predicted molar refractivity (Wildman–Crippen MR) is 55.3 cm³/mol. The quantitative estimate of drug-likeness (QED) is 0.296. The molecule has 4 heteroatoms. The molecule has 80 valence electrons. The van der Waals surface area contributed by atoms with Gasteiger partial charge >= 0.3 is 5.97 Å². The lowest BCUT2D eigenvalue weighted by molar-refractivity contribution is -0.150. The van der Waals surface area contributed by atoms with E-state index in [0.717, 1.165) is 0 Å². The molecule has 0 aliphatic heterocycles. The van der Waals surface area contributed by atoms with Gasteiger partial charge in [-0.2, -0.15) is 0 Å². The lowest BCUT2D eigenvalue weighted by Gasteiger charge is -2.09. The van der Waals surface area contributed by atoms with E-state index in [4.69, 9.17) is 16.3 Å². The molecule has 0 aromatic carbocycles. The summed E-state index contributed by atoms with van der Waals surface area (Å²) in [5.41, 5.74) is 0. The third kappa shape index (κ3) is 5.02. The van der Waals surface area contributed by atoms with E-state index >= 15 is 0 Å². The summed E-state index contributed by atoms with van der Waals surface area (Å²) >= 11 is 5.42. The molecule has 0 amide bonds. The van der Waals surface area contributed by atoms with Crippen LogP contribution >= 0.6 is 11.6 Å². The van der Waals surface area contributed by atoms with Gasteiger partial charge in [-0.1, -0.05) is 12.2 Å². The van der Waals surface area contributed by atoms with Crippen molar-refractivity contribution in [2.45, 2.75) is 20.3 Å². The van der Waals surface area contributed by atoms with Gasteiger partial charge in [0.15, 0.2) is 0 Å². The number of allylic oxidation sites excluding steroid dienone is 2. The van der Waals surface area contributed by atoms with Gasteiger partial charge in [-0.3, -0.25) is 9.59 Å². The fourth-order valence-electron chi connectivity index (χ4n) is 0.966. The largest absolute Gasteiger partial charge is 0.465 e. The number of Topliss-reactive ketones (excluding diaryl/α,β-unsaturated/α-hetero) is 1. The Bertz CT molecular complexity index is 223. The summed E-state index contributed by atoms with van der Waals surface area (Å²) in [4.78, 5) is 22.4. The van der Waals surface area contributed by atoms with Gasteiger partial charge in [0.05, 0.1) is 6.61 Å². The Labute approximate surface area is 89.1 Å². The lowest BCUT2D eigenvalue weighted by atomic mass is 10.0. The maximum Gasteiger partial charge on any atom is 0.316 e. The molecule has 0 aliphatic carbocycles. The zero-order valence-electron chi connectivity index (χ0n) is 8.46. The summed E-state index contributed by atoms with van der Waals surface area (Å²) < 4.78 is 4.77. The smallest absolute Gasteiger partial charge is 0.316 e. The Balaban J connectivity index is 4.22. The molecule has 0 fully saturated rings. The van der Waals surface area contributed by atoms with E-state index in [1.54, 1.807) is 19.1 Å². The van der Waals surface area contributed by atoms with E-state index in [1.807, 2.05) is 0 Å². The van der Waals surface area contributed by atoms with Crippen LogP contribution in [0.2, 0.25) is 0 Å². The Morgan fingerprint density at radius 2 is 2.07 bits per heavy atom. The van der Waals surface area contributed by atoms with Crippen molar-refractivity contribution >= 4 is 23.4 Å². The fourth-order valence-corrected chi connectivity index (χ4v) is 1.09. The molecule has 0 aliphatic rings. The standard InChI is InChI=1S/C10H15ClO3/c1-3-14-10(13)9(8(2)12)6-4-5-7-11/h4-5,9H,3,6-7H2,1-2H3/b5-4-. The van der Waals surface area contributed by atoms with Gasteiger partial charge in [-0.05, 0) is 20.3 Å². The average Bonchev–Trinajstić information content (AvgIpc) is 2.12. The van der Waals surface area contributed by atoms with E-state index in [-0.39, 0.29) is 5.78 Å². The molecule has 1 unspecified atom stereocenters. The number of esters is 1. The second kappa shape index (κ2) is 7.56. The van der Waals surface area contributed by atoms with Gasteiger partial charge in [0.2, 0.25) is 0 Å². The minimum absolute atomic E-state index is 0.178. The number of alkyl halides is 1. The molecule has 3 nitrogen and oxygen atoms in total. The Hall–Kier alpha value is -0.830. The van der Waals surface area contributed by atoms with E-state index in [9.17, 15) is 9.59 Å². The number of ketones is 1. The van der Waals surface area contributed by atoms with Crippen molar-refractivity contribution in [2.75, 3.05) is 12.5 Å². The van der Waals surface area contributed by atoms with Crippen LogP contribution in [-0.4, -0.2) is 24.2 Å². The van der Waals surface area contributed by atoms with E-state index in [0.29, 0.717) is 18.9 Å². The average molecular weight is 219 g/mol. The van der Waals surface area contributed by atoms with Crippen molar-refractivity contribution in [3.8, 4) is 0 Å². The zero-order chi connectivity index (χ0) is 11.0. The third-order valence-corrected chi connectivity index (χ3v) is 1.87. The summed E-state index contributed by atoms with van der Waals surface area (Å²) in [7, 11) is 0. The second-order valence-corrected chi connectivity index (χ2v) is 3.09. The Kier molecular flexibility index (Phi) is 7.11. The van der Waals surface area contributed by atoms with Gasteiger partial charge in [-0.25, -0.2) is 0 Å². The van der Waals surface area contributed by atoms with Gasteiger partial charge < -0.3 is 4.74 Å². The van der Waals surface area contributed by atoms with E-state index in [1.165, 1.54) is 6.92 Å². The highest BCUT2D eigenvalue weighted by atomic mass is 35.5. The monoisotopic (exact) mass is 218 g/mol. The van der Waals surface area contributed by atoms with Gasteiger partial charge in [0, 0.05) is 5.88 Å². The van der Waals surface area contributed by atoms with Crippen molar-refractivity contribution in [3.63, 3.8) is 0 Å². The molecular formula is C10H15ClO3. The summed E-state index contributed by atoms with van der Waals surface area (Å²) in [6.45, 7) is 3.39. The van der Waals surface area contributed by atoms with Crippen LogP contribution in [0.1, 0.15) is 20.3 Å². The SMILES string of the molecule is CCOC(=O)C(C/C=C\CCl)C(C)=O. The molecule has 0 radical (unpaired) electrons. The van der Waals surface area contributed by atoms with Crippen LogP contribution < -0.4 is 0 Å². The molecule has 0 spiro atoms.